The summed E-state index contributed by atoms with van der Waals surface area (Å²) in [6.07, 6.45) is 4.48. The lowest BCUT2D eigenvalue weighted by atomic mass is 10.0. The minimum atomic E-state index is -1.17. The van der Waals surface area contributed by atoms with E-state index in [1.165, 1.54) is 37.4 Å². The number of amides is 1. The Bertz CT molecular complexity index is 1160. The maximum atomic E-state index is 14.4. The largest absolute Gasteiger partial charge is 0.383 e. The molecule has 166 valence electrons. The van der Waals surface area contributed by atoms with Crippen LogP contribution in [0.15, 0.2) is 69.6 Å². The lowest BCUT2D eigenvalue weighted by Crippen LogP contribution is -2.13. The maximum Gasteiger partial charge on any atom is 0.221 e. The number of nitrogens with two attached hydrogens (primary N) is 2. The van der Waals surface area contributed by atoms with Crippen LogP contribution in [0.4, 0.5) is 24.7 Å². The van der Waals surface area contributed by atoms with Crippen LogP contribution in [0.5, 0.6) is 0 Å². The molecular formula is C21H20F3N7O. The number of aliphatic imine (C=N–C) groups is 1. The number of halogens is 3. The number of allylic oxidation sites excluding steroid dienone is 3. The minimum absolute atomic E-state index is 0.0333. The van der Waals surface area contributed by atoms with E-state index in [9.17, 15) is 18.0 Å². The number of carbonyl (C=O) groups is 1. The van der Waals surface area contributed by atoms with Gasteiger partial charge in [-0.25, -0.2) is 18.2 Å². The zero-order valence-electron chi connectivity index (χ0n) is 17.0. The number of nitrogens with one attached hydrogen (secondary N) is 1. The first-order valence-electron chi connectivity index (χ1n) is 9.54. The van der Waals surface area contributed by atoms with E-state index < -0.39 is 29.4 Å². The first-order chi connectivity index (χ1) is 15.3. The number of rotatable bonds is 4. The molecule has 0 saturated heterocycles. The number of hydrogen-bond acceptors (Lipinski definition) is 5. The van der Waals surface area contributed by atoms with E-state index in [1.807, 2.05) is 0 Å². The Balaban J connectivity index is 2.13. The maximum absolute atomic E-state index is 14.4. The van der Waals surface area contributed by atoms with Gasteiger partial charge in [-0.05, 0) is 31.1 Å². The van der Waals surface area contributed by atoms with Crippen LogP contribution < -0.4 is 16.9 Å². The van der Waals surface area contributed by atoms with Gasteiger partial charge in [0, 0.05) is 24.2 Å². The molecular weight excluding hydrogens is 423 g/mol. The highest BCUT2D eigenvalue weighted by molar-refractivity contribution is 6.04. The summed E-state index contributed by atoms with van der Waals surface area (Å²) in [6, 6.07) is 4.53. The number of anilines is 2. The smallest absolute Gasteiger partial charge is 0.221 e. The van der Waals surface area contributed by atoms with E-state index in [0.717, 1.165) is 6.08 Å². The number of nitrogens with zero attached hydrogens (tertiary/aromatic N) is 4. The molecule has 1 atom stereocenters. The van der Waals surface area contributed by atoms with Crippen LogP contribution in [-0.4, -0.2) is 22.8 Å². The number of hydrogen-bond donors (Lipinski definition) is 3. The monoisotopic (exact) mass is 443 g/mol. The van der Waals surface area contributed by atoms with E-state index >= 15 is 0 Å². The lowest BCUT2D eigenvalue weighted by molar-refractivity contribution is -0.114. The van der Waals surface area contributed by atoms with Crippen molar-refractivity contribution in [2.24, 2.45) is 21.2 Å². The topological polar surface area (TPSA) is 131 Å². The van der Waals surface area contributed by atoms with Gasteiger partial charge in [0.15, 0.2) is 17.5 Å². The molecule has 0 radical (unpaired) electrons. The van der Waals surface area contributed by atoms with Crippen LogP contribution in [0.3, 0.4) is 0 Å². The van der Waals surface area contributed by atoms with Gasteiger partial charge in [-0.2, -0.15) is 0 Å². The van der Waals surface area contributed by atoms with Gasteiger partial charge >= 0.3 is 0 Å². The number of nitrogen functional groups attached to an aromatic ring is 1. The summed E-state index contributed by atoms with van der Waals surface area (Å²) in [4.78, 5) is 19.8. The number of aromatic nitrogens is 1. The standard InChI is InChI=1S/C21H20F3N7O/c1-11(32)28-19-13(5-4-7-16(19)23)12-9-14(20(25)27-10-12)21(30-31-26)29-17-8-3-2-6-15(22)18(17)24/h2,4-7,9-10,17H,3,8H2,1H3,(H2,25,27)(H,28,32)(H2,26,29,30). The Morgan fingerprint density at radius 3 is 2.78 bits per heavy atom. The zero-order valence-corrected chi connectivity index (χ0v) is 17.0. The molecule has 5 N–H and O–H groups in total. The van der Waals surface area contributed by atoms with Crippen LogP contribution in [0.1, 0.15) is 25.3 Å². The Hall–Kier alpha value is -4.02. The van der Waals surface area contributed by atoms with Crippen molar-refractivity contribution in [3.05, 3.63) is 65.6 Å². The van der Waals surface area contributed by atoms with Crippen molar-refractivity contribution >= 4 is 23.2 Å². The van der Waals surface area contributed by atoms with Crippen LogP contribution in [0.2, 0.25) is 0 Å². The second-order valence-corrected chi connectivity index (χ2v) is 6.86. The van der Waals surface area contributed by atoms with Crippen molar-refractivity contribution in [1.29, 1.82) is 0 Å². The zero-order chi connectivity index (χ0) is 23.3. The van der Waals surface area contributed by atoms with Crippen LogP contribution in [0, 0.1) is 5.82 Å². The fourth-order valence-electron chi connectivity index (χ4n) is 3.15. The van der Waals surface area contributed by atoms with Crippen molar-refractivity contribution in [3.63, 3.8) is 0 Å². The summed E-state index contributed by atoms with van der Waals surface area (Å²) in [7, 11) is 0. The number of benzene rings is 1. The van der Waals surface area contributed by atoms with Gasteiger partial charge in [0.2, 0.25) is 5.91 Å². The number of para-hydroxylation sites is 1. The molecule has 3 rings (SSSR count). The van der Waals surface area contributed by atoms with Crippen molar-refractivity contribution in [2.45, 2.75) is 25.8 Å². The summed E-state index contributed by atoms with van der Waals surface area (Å²) in [5.74, 6) is 1.78. The second kappa shape index (κ2) is 9.86. The van der Waals surface area contributed by atoms with Crippen LogP contribution >= 0.6 is 0 Å². The first kappa shape index (κ1) is 22.7. The van der Waals surface area contributed by atoms with E-state index in [0.29, 0.717) is 17.5 Å². The molecule has 1 amide bonds. The highest BCUT2D eigenvalue weighted by Crippen LogP contribution is 2.32. The fraction of sp³-hybridized carbons (Fsp3) is 0.190. The second-order valence-electron chi connectivity index (χ2n) is 6.86. The molecule has 1 aromatic heterocycles. The molecule has 0 bridgehead atoms. The van der Waals surface area contributed by atoms with Crippen LogP contribution in [0.25, 0.3) is 11.1 Å². The lowest BCUT2D eigenvalue weighted by Gasteiger charge is -2.14. The molecule has 0 saturated carbocycles. The number of pyridine rings is 1. The molecule has 1 aromatic carbocycles. The Morgan fingerprint density at radius 1 is 1.28 bits per heavy atom. The van der Waals surface area contributed by atoms with Crippen molar-refractivity contribution in [1.82, 2.24) is 4.98 Å². The Kier molecular flexibility index (Phi) is 6.98. The predicted octanol–water partition coefficient (Wildman–Crippen LogP) is 4.37. The molecule has 0 fully saturated rings. The average Bonchev–Trinajstić information content (AvgIpc) is 2.91. The average molecular weight is 443 g/mol. The Labute approximate surface area is 181 Å². The van der Waals surface area contributed by atoms with Crippen molar-refractivity contribution in [2.75, 3.05) is 11.1 Å². The first-order valence-corrected chi connectivity index (χ1v) is 9.54. The Morgan fingerprint density at radius 2 is 2.06 bits per heavy atom. The van der Waals surface area contributed by atoms with Gasteiger partial charge in [-0.15, -0.1) is 5.11 Å². The normalized spacial score (nSPS) is 17.0. The summed E-state index contributed by atoms with van der Waals surface area (Å²) >= 11 is 0. The summed E-state index contributed by atoms with van der Waals surface area (Å²) in [6.45, 7) is 1.25. The molecule has 32 heavy (non-hydrogen) atoms. The van der Waals surface area contributed by atoms with Gasteiger partial charge in [0.25, 0.3) is 0 Å². The molecule has 11 heteroatoms. The third-order valence-electron chi connectivity index (χ3n) is 4.61. The molecule has 1 aliphatic carbocycles. The van der Waals surface area contributed by atoms with E-state index in [1.54, 1.807) is 6.07 Å². The molecule has 1 aliphatic rings. The molecule has 8 nitrogen and oxygen atoms in total. The third-order valence-corrected chi connectivity index (χ3v) is 4.61. The molecule has 1 heterocycles. The summed E-state index contributed by atoms with van der Waals surface area (Å²) in [5, 5.41) is 9.37. The SMILES string of the molecule is CC(=O)Nc1c(F)cccc1-c1cnc(N)c(C(N=NN)=NC2CCC=CC(F)=C2F)c1. The van der Waals surface area contributed by atoms with E-state index in [-0.39, 0.29) is 29.3 Å². The van der Waals surface area contributed by atoms with Gasteiger partial charge in [-0.1, -0.05) is 23.4 Å². The molecule has 1 unspecified atom stereocenters. The van der Waals surface area contributed by atoms with Crippen molar-refractivity contribution in [3.8, 4) is 11.1 Å². The molecule has 0 aliphatic heterocycles. The summed E-state index contributed by atoms with van der Waals surface area (Å²) in [5.41, 5.74) is 6.72. The predicted molar refractivity (Wildman–Crippen MR) is 115 cm³/mol. The van der Waals surface area contributed by atoms with Crippen molar-refractivity contribution < 1.29 is 18.0 Å². The summed E-state index contributed by atoms with van der Waals surface area (Å²) < 4.78 is 42.6. The fourth-order valence-corrected chi connectivity index (χ4v) is 3.15. The van der Waals surface area contributed by atoms with E-state index in [2.05, 4.69) is 25.6 Å². The molecule has 2 aromatic rings. The minimum Gasteiger partial charge on any atom is -0.383 e. The molecule has 0 spiro atoms. The van der Waals surface area contributed by atoms with Gasteiger partial charge < -0.3 is 16.9 Å². The van der Waals surface area contributed by atoms with Gasteiger partial charge in [-0.3, -0.25) is 9.79 Å². The van der Waals surface area contributed by atoms with Gasteiger partial charge in [0.05, 0.1) is 11.3 Å². The van der Waals surface area contributed by atoms with Gasteiger partial charge in [0.1, 0.15) is 17.7 Å². The third kappa shape index (κ3) is 4.99. The van der Waals surface area contributed by atoms with Crippen LogP contribution in [-0.2, 0) is 4.79 Å². The van der Waals surface area contributed by atoms with E-state index in [4.69, 9.17) is 11.6 Å². The quantitative estimate of drug-likeness (QED) is 0.213. The number of amidine groups is 1. The highest BCUT2D eigenvalue weighted by Gasteiger charge is 2.22. The highest BCUT2D eigenvalue weighted by atomic mass is 19.2. The number of carbonyl (C=O) groups excluding carboxylic acids is 1.